The number of carboxylic acids is 1. The van der Waals surface area contributed by atoms with E-state index in [4.69, 9.17) is 5.11 Å². The predicted molar refractivity (Wildman–Crippen MR) is 106 cm³/mol. The number of hydrogen-bond donors (Lipinski definition) is 2. The third-order valence-electron chi connectivity index (χ3n) is 4.76. The lowest BCUT2D eigenvalue weighted by Gasteiger charge is -2.07. The molecule has 0 radical (unpaired) electrons. The third kappa shape index (κ3) is 6.70. The summed E-state index contributed by atoms with van der Waals surface area (Å²) in [6.07, 6.45) is 10.7. The van der Waals surface area contributed by atoms with Crippen LogP contribution >= 0.6 is 0 Å². The second kappa shape index (κ2) is 10.7. The van der Waals surface area contributed by atoms with Gasteiger partial charge in [-0.1, -0.05) is 44.6 Å². The van der Waals surface area contributed by atoms with Crippen molar-refractivity contribution in [2.75, 3.05) is 6.54 Å². The first kappa shape index (κ1) is 20.9. The van der Waals surface area contributed by atoms with Crippen LogP contribution in [0.3, 0.4) is 0 Å². The number of carbonyl (C=O) groups is 2. The molecule has 0 atom stereocenters. The van der Waals surface area contributed by atoms with Crippen LogP contribution < -0.4 is 5.32 Å². The molecule has 0 bridgehead atoms. The number of aliphatic carboxylic acids is 1. The van der Waals surface area contributed by atoms with E-state index in [1.54, 1.807) is 0 Å². The van der Waals surface area contributed by atoms with Crippen molar-refractivity contribution in [3.63, 3.8) is 0 Å². The number of aryl methyl sites for hydroxylation is 2. The Kier molecular flexibility index (Phi) is 8.30. The highest BCUT2D eigenvalue weighted by atomic mass is 16.4. The molecule has 2 aromatic rings. The molecule has 2 rings (SSSR count). The van der Waals surface area contributed by atoms with Gasteiger partial charge in [0, 0.05) is 19.2 Å². The van der Waals surface area contributed by atoms with Gasteiger partial charge in [0.05, 0.1) is 5.69 Å². The number of carbonyl (C=O) groups excluding carboxylic acids is 1. The fourth-order valence-electron chi connectivity index (χ4n) is 3.29. The number of nitrogens with one attached hydrogen (secondary N) is 1. The molecule has 6 heteroatoms. The van der Waals surface area contributed by atoms with Crippen LogP contribution in [0.2, 0.25) is 0 Å². The molecule has 0 unspecified atom stereocenters. The summed E-state index contributed by atoms with van der Waals surface area (Å²) in [4.78, 5) is 27.4. The molecular formula is C21H31N3O3. The summed E-state index contributed by atoms with van der Waals surface area (Å²) in [5, 5.41) is 11.6. The fourth-order valence-corrected chi connectivity index (χ4v) is 3.29. The monoisotopic (exact) mass is 373 g/mol. The Morgan fingerprint density at radius 2 is 1.63 bits per heavy atom. The highest BCUT2D eigenvalue weighted by molar-refractivity contribution is 5.94. The van der Waals surface area contributed by atoms with Gasteiger partial charge in [-0.3, -0.25) is 14.0 Å². The molecule has 1 amide bonds. The lowest BCUT2D eigenvalue weighted by molar-refractivity contribution is -0.137. The number of hydrogen-bond acceptors (Lipinski definition) is 3. The molecule has 6 nitrogen and oxygen atoms in total. The SMILES string of the molecule is Cc1ccc2nc(C)c(C(=O)NCCCCCCCCCCC(=O)O)n2c1. The topological polar surface area (TPSA) is 83.7 Å². The minimum Gasteiger partial charge on any atom is -0.481 e. The van der Waals surface area contributed by atoms with Gasteiger partial charge in [0.2, 0.25) is 0 Å². The second-order valence-electron chi connectivity index (χ2n) is 7.21. The maximum Gasteiger partial charge on any atom is 0.303 e. The van der Waals surface area contributed by atoms with E-state index in [-0.39, 0.29) is 12.3 Å². The van der Waals surface area contributed by atoms with Crippen molar-refractivity contribution >= 4 is 17.5 Å². The molecule has 0 fully saturated rings. The fraction of sp³-hybridized carbons (Fsp3) is 0.571. The highest BCUT2D eigenvalue weighted by Crippen LogP contribution is 2.14. The lowest BCUT2D eigenvalue weighted by atomic mass is 10.1. The Morgan fingerprint density at radius 1 is 1.00 bits per heavy atom. The molecule has 0 spiro atoms. The van der Waals surface area contributed by atoms with Gasteiger partial charge >= 0.3 is 5.97 Å². The zero-order valence-electron chi connectivity index (χ0n) is 16.5. The standard InChI is InChI=1S/C21H31N3O3/c1-16-12-13-18-23-17(2)20(24(18)15-16)21(27)22-14-10-8-6-4-3-5-7-9-11-19(25)26/h12-13,15H,3-11,14H2,1-2H3,(H,22,27)(H,25,26). The smallest absolute Gasteiger partial charge is 0.303 e. The second-order valence-corrected chi connectivity index (χ2v) is 7.21. The molecule has 0 aromatic carbocycles. The van der Waals surface area contributed by atoms with E-state index in [1.807, 2.05) is 36.6 Å². The summed E-state index contributed by atoms with van der Waals surface area (Å²) in [6, 6.07) is 3.93. The molecule has 0 aliphatic rings. The summed E-state index contributed by atoms with van der Waals surface area (Å²) < 4.78 is 1.87. The first-order valence-corrected chi connectivity index (χ1v) is 9.94. The number of nitrogens with zero attached hydrogens (tertiary/aromatic N) is 2. The number of carboxylic acid groups (broad SMARTS) is 1. The van der Waals surface area contributed by atoms with Crippen molar-refractivity contribution in [1.82, 2.24) is 14.7 Å². The van der Waals surface area contributed by atoms with Gasteiger partial charge in [-0.25, -0.2) is 4.98 Å². The number of aromatic nitrogens is 2. The van der Waals surface area contributed by atoms with Crippen LogP contribution in [0.1, 0.15) is 79.5 Å². The van der Waals surface area contributed by atoms with Gasteiger partial charge in [0.1, 0.15) is 11.3 Å². The maximum atomic E-state index is 12.5. The van der Waals surface area contributed by atoms with Crippen molar-refractivity contribution in [3.05, 3.63) is 35.3 Å². The average molecular weight is 373 g/mol. The zero-order chi connectivity index (χ0) is 19.6. The van der Waals surface area contributed by atoms with Gasteiger partial charge in [-0.15, -0.1) is 0 Å². The first-order valence-electron chi connectivity index (χ1n) is 9.94. The molecule has 2 heterocycles. The number of imidazole rings is 1. The number of amides is 1. The van der Waals surface area contributed by atoms with Crippen molar-refractivity contribution in [1.29, 1.82) is 0 Å². The summed E-state index contributed by atoms with van der Waals surface area (Å²) in [5.41, 5.74) is 3.26. The Balaban J connectivity index is 1.61. The van der Waals surface area contributed by atoms with Crippen LogP contribution in [-0.2, 0) is 4.79 Å². The van der Waals surface area contributed by atoms with E-state index in [2.05, 4.69) is 10.3 Å². The largest absolute Gasteiger partial charge is 0.481 e. The predicted octanol–water partition coefficient (Wildman–Crippen LogP) is 4.28. The molecule has 148 valence electrons. The first-order chi connectivity index (χ1) is 13.0. The van der Waals surface area contributed by atoms with E-state index in [0.717, 1.165) is 61.9 Å². The number of pyridine rings is 1. The van der Waals surface area contributed by atoms with E-state index >= 15 is 0 Å². The quantitative estimate of drug-likeness (QED) is 0.544. The van der Waals surface area contributed by atoms with E-state index < -0.39 is 5.97 Å². The molecule has 0 saturated carbocycles. The van der Waals surface area contributed by atoms with Crippen LogP contribution in [-0.4, -0.2) is 32.9 Å². The van der Waals surface area contributed by atoms with E-state index in [0.29, 0.717) is 12.2 Å². The molecular weight excluding hydrogens is 342 g/mol. The Morgan fingerprint density at radius 3 is 2.30 bits per heavy atom. The van der Waals surface area contributed by atoms with Crippen LogP contribution in [0.25, 0.3) is 5.65 Å². The lowest BCUT2D eigenvalue weighted by Crippen LogP contribution is -2.26. The van der Waals surface area contributed by atoms with Gasteiger partial charge in [0.25, 0.3) is 5.91 Å². The molecule has 0 aliphatic heterocycles. The Hall–Kier alpha value is -2.37. The molecule has 0 saturated heterocycles. The maximum absolute atomic E-state index is 12.5. The molecule has 2 N–H and O–H groups in total. The average Bonchev–Trinajstić information content (AvgIpc) is 2.94. The van der Waals surface area contributed by atoms with Crippen molar-refractivity contribution in [2.24, 2.45) is 0 Å². The van der Waals surface area contributed by atoms with Crippen molar-refractivity contribution in [3.8, 4) is 0 Å². The Bertz CT molecular complexity index is 767. The van der Waals surface area contributed by atoms with Gasteiger partial charge in [-0.05, 0) is 38.3 Å². The molecule has 2 aromatic heterocycles. The van der Waals surface area contributed by atoms with Crippen molar-refractivity contribution < 1.29 is 14.7 Å². The van der Waals surface area contributed by atoms with Gasteiger partial charge < -0.3 is 10.4 Å². The highest BCUT2D eigenvalue weighted by Gasteiger charge is 2.15. The van der Waals surface area contributed by atoms with Crippen LogP contribution in [0.4, 0.5) is 0 Å². The molecule has 0 aliphatic carbocycles. The summed E-state index contributed by atoms with van der Waals surface area (Å²) in [5.74, 6) is -0.768. The van der Waals surface area contributed by atoms with E-state index in [9.17, 15) is 9.59 Å². The minimum absolute atomic E-state index is 0.0657. The van der Waals surface area contributed by atoms with Crippen LogP contribution in [0, 0.1) is 13.8 Å². The number of rotatable bonds is 12. The van der Waals surface area contributed by atoms with Gasteiger partial charge in [0.15, 0.2) is 0 Å². The number of unbranched alkanes of at least 4 members (excludes halogenated alkanes) is 7. The zero-order valence-corrected chi connectivity index (χ0v) is 16.5. The third-order valence-corrected chi connectivity index (χ3v) is 4.76. The van der Waals surface area contributed by atoms with Gasteiger partial charge in [-0.2, -0.15) is 0 Å². The normalized spacial score (nSPS) is 11.0. The van der Waals surface area contributed by atoms with Crippen LogP contribution in [0.5, 0.6) is 0 Å². The molecule has 27 heavy (non-hydrogen) atoms. The Labute approximate surface area is 161 Å². The van der Waals surface area contributed by atoms with E-state index in [1.165, 1.54) is 6.42 Å². The summed E-state index contributed by atoms with van der Waals surface area (Å²) >= 11 is 0. The minimum atomic E-state index is -0.702. The summed E-state index contributed by atoms with van der Waals surface area (Å²) in [6.45, 7) is 4.55. The number of fused-ring (bicyclic) bond motifs is 1. The van der Waals surface area contributed by atoms with Crippen LogP contribution in [0.15, 0.2) is 18.3 Å². The summed E-state index contributed by atoms with van der Waals surface area (Å²) in [7, 11) is 0. The van der Waals surface area contributed by atoms with Crippen molar-refractivity contribution in [2.45, 2.75) is 71.6 Å².